The predicted octanol–water partition coefficient (Wildman–Crippen LogP) is 12.0. The predicted molar refractivity (Wildman–Crippen MR) is 182 cm³/mol. The third-order valence-electron chi connectivity index (χ3n) is 7.60. The maximum atomic E-state index is 9.77. The Kier molecular flexibility index (Phi) is 2.07. The van der Waals surface area contributed by atoms with Gasteiger partial charge in [-0.15, -0.1) is 0 Å². The van der Waals surface area contributed by atoms with Gasteiger partial charge in [-0.25, -0.2) is 0 Å². The fourth-order valence-corrected chi connectivity index (χ4v) is 5.69. The number of rotatable bonds is 2. The third kappa shape index (κ3) is 3.22. The van der Waals surface area contributed by atoms with Crippen molar-refractivity contribution < 1.29 is 34.9 Å². The van der Waals surface area contributed by atoms with Gasteiger partial charge in [0.05, 0.1) is 30.2 Å². The molecule has 10 rings (SSSR count). The third-order valence-corrected chi connectivity index (χ3v) is 7.60. The molecule has 1 aliphatic rings. The first-order valence-corrected chi connectivity index (χ1v) is 13.1. The molecule has 9 aromatic rings. The molecule has 43 heavy (non-hydrogen) atoms. The molecule has 1 nitrogen and oxygen atoms in total. The molecule has 0 N–H and O–H groups in total. The first-order valence-electron chi connectivity index (χ1n) is 24.1. The van der Waals surface area contributed by atoms with Crippen molar-refractivity contribution >= 4 is 53.9 Å². The van der Waals surface area contributed by atoms with Crippen LogP contribution in [-0.4, -0.2) is 0 Å². The van der Waals surface area contributed by atoms with Crippen LogP contribution in [0.2, 0.25) is 0 Å². The summed E-state index contributed by atoms with van der Waals surface area (Å²) in [4.78, 5) is 0. The maximum Gasteiger partial charge on any atom is 0.135 e. The Bertz CT molecular complexity index is 3790. The zero-order valence-electron chi connectivity index (χ0n) is 43.6. The Morgan fingerprint density at radius 1 is 0.372 bits per heavy atom. The lowest BCUT2D eigenvalue weighted by Crippen LogP contribution is -1.97. The molecule has 0 aromatic heterocycles. The molecule has 198 valence electrons. The van der Waals surface area contributed by atoms with E-state index in [9.17, 15) is 11.0 Å². The van der Waals surface area contributed by atoms with Crippen LogP contribution in [0, 0.1) is 0 Å². The van der Waals surface area contributed by atoms with E-state index in [-0.39, 0.29) is 65.9 Å². The monoisotopic (exact) mass is 566 g/mol. The highest BCUT2D eigenvalue weighted by Gasteiger charge is 2.20. The van der Waals surface area contributed by atoms with E-state index >= 15 is 0 Å². The molecule has 0 fully saturated rings. The van der Waals surface area contributed by atoms with Crippen LogP contribution >= 0.6 is 0 Å². The average Bonchev–Trinajstić information content (AvgIpc) is 3.27. The zero-order valence-corrected chi connectivity index (χ0v) is 21.6. The van der Waals surface area contributed by atoms with E-state index in [1.165, 1.54) is 12.1 Å². The van der Waals surface area contributed by atoms with Crippen LogP contribution in [0.5, 0.6) is 11.5 Å². The summed E-state index contributed by atoms with van der Waals surface area (Å²) < 4.78 is 203. The summed E-state index contributed by atoms with van der Waals surface area (Å²) in [5.41, 5.74) is -2.30. The van der Waals surface area contributed by atoms with Gasteiger partial charge in [0.15, 0.2) is 0 Å². The molecule has 0 amide bonds. The molecule has 0 atom stereocenters. The highest BCUT2D eigenvalue weighted by atomic mass is 16.5. The van der Waals surface area contributed by atoms with Gasteiger partial charge in [-0.2, -0.15) is 0 Å². The van der Waals surface area contributed by atoms with E-state index in [0.29, 0.717) is 0 Å². The minimum atomic E-state index is -0.850. The highest BCUT2D eigenvalue weighted by molar-refractivity contribution is 6.26. The van der Waals surface area contributed by atoms with Gasteiger partial charge in [-0.3, -0.25) is 0 Å². The van der Waals surface area contributed by atoms with Gasteiger partial charge in [0, 0.05) is 10.9 Å². The van der Waals surface area contributed by atoms with E-state index in [1.807, 2.05) is 0 Å². The first-order chi connectivity index (χ1) is 30.5. The van der Waals surface area contributed by atoms with Crippen molar-refractivity contribution in [1.82, 2.24) is 0 Å². The van der Waals surface area contributed by atoms with E-state index in [2.05, 4.69) is 0 Å². The van der Waals surface area contributed by atoms with E-state index in [1.54, 1.807) is 0 Å². The van der Waals surface area contributed by atoms with Gasteiger partial charge in [0.1, 0.15) is 11.5 Å². The van der Waals surface area contributed by atoms with Crippen molar-refractivity contribution in [3.8, 4) is 44.9 Å². The Morgan fingerprint density at radius 2 is 1.00 bits per heavy atom. The van der Waals surface area contributed by atoms with Gasteiger partial charge < -0.3 is 4.74 Å². The fourth-order valence-electron chi connectivity index (χ4n) is 5.69. The number of fused-ring (bicyclic) bond motifs is 3. The number of hydrogen-bond acceptors (Lipinski definition) is 1. The lowest BCUT2D eigenvalue weighted by atomic mass is 9.87. The molecule has 0 bridgehead atoms. The second-order valence-electron chi connectivity index (χ2n) is 9.92. The smallest absolute Gasteiger partial charge is 0.135 e. The molecule has 0 unspecified atom stereocenters. The lowest BCUT2D eigenvalue weighted by Gasteiger charge is -2.22. The first kappa shape index (κ1) is 10.6. The molecule has 0 aliphatic carbocycles. The minimum absolute atomic E-state index is 0.159. The molecule has 0 saturated heterocycles. The van der Waals surface area contributed by atoms with Gasteiger partial charge in [0.2, 0.25) is 0 Å². The Labute approximate surface area is 279 Å². The van der Waals surface area contributed by atoms with E-state index in [4.69, 9.17) is 23.9 Å². The molecule has 0 spiro atoms. The number of ether oxygens (including phenoxy) is 1. The number of hydrogen-bond donors (Lipinski definition) is 0. The second-order valence-corrected chi connectivity index (χ2v) is 9.92. The van der Waals surface area contributed by atoms with Crippen molar-refractivity contribution in [1.29, 1.82) is 0 Å². The van der Waals surface area contributed by atoms with Crippen molar-refractivity contribution in [2.75, 3.05) is 0 Å². The average molecular weight is 567 g/mol. The van der Waals surface area contributed by atoms with Crippen LogP contribution in [0.25, 0.3) is 87.2 Å². The molecule has 1 heteroatoms. The highest BCUT2D eigenvalue weighted by Crippen LogP contribution is 2.48. The van der Waals surface area contributed by atoms with E-state index in [0.717, 1.165) is 0 Å². The maximum absolute atomic E-state index is 9.77. The summed E-state index contributed by atoms with van der Waals surface area (Å²) in [7, 11) is 0. The van der Waals surface area contributed by atoms with Crippen LogP contribution in [0.3, 0.4) is 0 Å². The molecule has 0 radical (unpaired) electrons. The molecular weight excluding hydrogens is 520 g/mol. The summed E-state index contributed by atoms with van der Waals surface area (Å²) in [6.07, 6.45) is 0. The van der Waals surface area contributed by atoms with Gasteiger partial charge in [-0.1, -0.05) is 121 Å². The summed E-state index contributed by atoms with van der Waals surface area (Å²) in [6.45, 7) is 0. The summed E-state index contributed by atoms with van der Waals surface area (Å²) in [5.74, 6) is -0.457. The molecular formula is C42H24O. The molecule has 9 aromatic carbocycles. The Hall–Kier alpha value is -5.66. The van der Waals surface area contributed by atoms with Crippen LogP contribution in [0.15, 0.2) is 145 Å². The quantitative estimate of drug-likeness (QED) is 0.189. The van der Waals surface area contributed by atoms with Crippen LogP contribution in [0.1, 0.15) is 30.2 Å². The van der Waals surface area contributed by atoms with Crippen molar-refractivity contribution in [3.63, 3.8) is 0 Å². The van der Waals surface area contributed by atoms with Crippen LogP contribution in [-0.2, 0) is 0 Å². The van der Waals surface area contributed by atoms with Crippen molar-refractivity contribution in [2.24, 2.45) is 0 Å². The standard InChI is InChI=1S/C42H24O/c1-6-27-14-15-29-17-20-33(35-21-18-28(7-1)40(27)42(29)35)32-10-2-5-25-13-16-30(23-36(25)32)31-19-22-38-37(24-31)34-11-3-8-26-9-4-12-39(43-38)41(26)34/h1-24H/i1D,2D,3D,4D,5D,6D,7D,8D,9D,10D,11D,12D,13D,14D,15D,16D,17D,18D,20D,21D,23D,24D. The van der Waals surface area contributed by atoms with Gasteiger partial charge in [0.25, 0.3) is 0 Å². The van der Waals surface area contributed by atoms with Crippen LogP contribution < -0.4 is 4.74 Å². The Balaban J connectivity index is 1.39. The minimum Gasteiger partial charge on any atom is -0.456 e. The van der Waals surface area contributed by atoms with Gasteiger partial charge >= 0.3 is 0 Å². The SMILES string of the molecule is [2H]c1c(-c2c([2H])c([2H])c3c([2H])c([2H])c([2H])c(-c4c([2H])c([2H])c5c([2H])c([2H])c6c([2H])c([2H])c([2H])c7c([2H])c([2H])c4c5c67)c3c2[2H])ccc2c1-c1c([2H])c([2H])c([2H])c3c([2H])c([2H])c([2H])c(c13)O2. The lowest BCUT2D eigenvalue weighted by molar-refractivity contribution is 0.487. The van der Waals surface area contributed by atoms with E-state index < -0.39 is 166 Å². The second kappa shape index (κ2) is 8.44. The number of benzene rings is 9. The van der Waals surface area contributed by atoms with Crippen molar-refractivity contribution in [3.05, 3.63) is 145 Å². The molecule has 1 heterocycles. The summed E-state index contributed by atoms with van der Waals surface area (Å²) in [6, 6.07) is -12.8. The van der Waals surface area contributed by atoms with Crippen LogP contribution in [0.4, 0.5) is 0 Å². The summed E-state index contributed by atoms with van der Waals surface area (Å²) in [5, 5.41) is -3.45. The van der Waals surface area contributed by atoms with Crippen molar-refractivity contribution in [2.45, 2.75) is 0 Å². The van der Waals surface area contributed by atoms with Gasteiger partial charge in [-0.05, 0) is 100 Å². The topological polar surface area (TPSA) is 9.23 Å². The normalized spacial score (nSPS) is 19.5. The molecule has 1 aliphatic heterocycles. The zero-order chi connectivity index (χ0) is 47.2. The largest absolute Gasteiger partial charge is 0.456 e. The molecule has 0 saturated carbocycles. The summed E-state index contributed by atoms with van der Waals surface area (Å²) >= 11 is 0. The Morgan fingerprint density at radius 3 is 1.86 bits per heavy atom. The fraction of sp³-hybridized carbons (Fsp3) is 0.